The number of H-pyrrole nitrogens is 1. The Bertz CT molecular complexity index is 1150. The molecular formula is C24H26ClN3O5. The maximum absolute atomic E-state index is 10.4. The van der Waals surface area contributed by atoms with Crippen LogP contribution in [0.3, 0.4) is 0 Å². The van der Waals surface area contributed by atoms with Crippen molar-refractivity contribution in [3.63, 3.8) is 0 Å². The maximum Gasteiger partial charge on any atom is 0.296 e. The molecule has 0 unspecified atom stereocenters. The minimum absolute atomic E-state index is 0.189. The van der Waals surface area contributed by atoms with E-state index in [4.69, 9.17) is 25.8 Å². The molecule has 174 valence electrons. The zero-order valence-corrected chi connectivity index (χ0v) is 18.7. The van der Waals surface area contributed by atoms with E-state index in [0.29, 0.717) is 34.5 Å². The van der Waals surface area contributed by atoms with Gasteiger partial charge in [0.1, 0.15) is 18.3 Å². The van der Waals surface area contributed by atoms with E-state index in [1.807, 2.05) is 12.1 Å². The largest absolute Gasteiger partial charge is 0.456 e. The Morgan fingerprint density at radius 2 is 1.76 bits per heavy atom. The second-order valence-electron chi connectivity index (χ2n) is 9.13. The third-order valence-electron chi connectivity index (χ3n) is 6.99. The molecular weight excluding hydrogens is 446 g/mol. The van der Waals surface area contributed by atoms with Gasteiger partial charge in [0.25, 0.3) is 6.01 Å². The van der Waals surface area contributed by atoms with Crippen LogP contribution in [0.15, 0.2) is 30.3 Å². The summed E-state index contributed by atoms with van der Waals surface area (Å²) in [6, 6.07) is 10.2. The number of halogens is 1. The SMILES string of the molecule is O[C@@H]1CO[C@H]2[C@@H]1OC[C@H]2Oc1nc2nc(-c3ccc([C@H]4CCCC[C@@H]4O)cc3)c(Cl)cc2[nH]1. The highest BCUT2D eigenvalue weighted by molar-refractivity contribution is 6.33. The summed E-state index contributed by atoms with van der Waals surface area (Å²) >= 11 is 6.56. The smallest absolute Gasteiger partial charge is 0.296 e. The molecule has 0 spiro atoms. The van der Waals surface area contributed by atoms with Crippen LogP contribution in [0.4, 0.5) is 0 Å². The Labute approximate surface area is 195 Å². The summed E-state index contributed by atoms with van der Waals surface area (Å²) in [5.41, 5.74) is 3.85. The number of imidazole rings is 1. The molecule has 1 saturated carbocycles. The molecule has 2 saturated heterocycles. The highest BCUT2D eigenvalue weighted by Gasteiger charge is 2.48. The molecule has 2 aliphatic heterocycles. The van der Waals surface area contributed by atoms with Crippen molar-refractivity contribution in [1.29, 1.82) is 0 Å². The number of pyridine rings is 1. The van der Waals surface area contributed by atoms with Crippen LogP contribution in [0.25, 0.3) is 22.4 Å². The average Bonchev–Trinajstić information content (AvgIpc) is 3.50. The van der Waals surface area contributed by atoms with Gasteiger partial charge in [-0.05, 0) is 24.5 Å². The minimum atomic E-state index is -0.630. The van der Waals surface area contributed by atoms with Crippen LogP contribution in [-0.2, 0) is 9.47 Å². The highest BCUT2D eigenvalue weighted by Crippen LogP contribution is 2.36. The van der Waals surface area contributed by atoms with Gasteiger partial charge in [0.2, 0.25) is 0 Å². The topological polar surface area (TPSA) is 110 Å². The number of hydrogen-bond acceptors (Lipinski definition) is 7. The van der Waals surface area contributed by atoms with Crippen LogP contribution in [0.1, 0.15) is 37.2 Å². The quantitative estimate of drug-likeness (QED) is 0.536. The Hall–Kier alpha value is -2.23. The maximum atomic E-state index is 10.4. The van der Waals surface area contributed by atoms with E-state index >= 15 is 0 Å². The van der Waals surface area contributed by atoms with Gasteiger partial charge in [0, 0.05) is 11.5 Å². The molecule has 0 radical (unpaired) electrons. The number of aliphatic hydroxyl groups is 2. The summed E-state index contributed by atoms with van der Waals surface area (Å²) < 4.78 is 17.2. The predicted octanol–water partition coefficient (Wildman–Crippen LogP) is 3.20. The first-order chi connectivity index (χ1) is 16.1. The molecule has 6 atom stereocenters. The van der Waals surface area contributed by atoms with Gasteiger partial charge < -0.3 is 29.4 Å². The molecule has 9 heteroatoms. The summed E-state index contributed by atoms with van der Waals surface area (Å²) in [7, 11) is 0. The van der Waals surface area contributed by atoms with E-state index in [1.54, 1.807) is 6.07 Å². The third-order valence-corrected chi connectivity index (χ3v) is 7.28. The third kappa shape index (κ3) is 3.90. The van der Waals surface area contributed by atoms with Gasteiger partial charge >= 0.3 is 0 Å². The molecule has 8 nitrogen and oxygen atoms in total. The van der Waals surface area contributed by atoms with Gasteiger partial charge in [-0.3, -0.25) is 0 Å². The highest BCUT2D eigenvalue weighted by atomic mass is 35.5. The van der Waals surface area contributed by atoms with Gasteiger partial charge in [0.05, 0.1) is 35.6 Å². The van der Waals surface area contributed by atoms with E-state index in [9.17, 15) is 10.2 Å². The molecule has 33 heavy (non-hydrogen) atoms. The van der Waals surface area contributed by atoms with E-state index in [-0.39, 0.29) is 36.9 Å². The standard InChI is InChI=1S/C24H26ClN3O5/c25-15-9-16-23(28-24(26-16)33-19-11-32-21-18(30)10-31-22(19)21)27-20(15)13-7-5-12(6-8-13)14-3-1-2-4-17(14)29/h5-9,14,17-19,21-22,29-30H,1-4,10-11H2,(H,26,27,28)/t14-,17+,18-,19-,21-,22-/m1/s1. The van der Waals surface area contributed by atoms with Crippen LogP contribution in [0.2, 0.25) is 5.02 Å². The number of fused-ring (bicyclic) bond motifs is 2. The number of rotatable bonds is 4. The van der Waals surface area contributed by atoms with Crippen molar-refractivity contribution >= 4 is 22.8 Å². The van der Waals surface area contributed by atoms with Crippen LogP contribution >= 0.6 is 11.6 Å². The van der Waals surface area contributed by atoms with Crippen molar-refractivity contribution in [2.75, 3.05) is 13.2 Å². The molecule has 3 N–H and O–H groups in total. The van der Waals surface area contributed by atoms with Gasteiger partial charge in [0.15, 0.2) is 11.8 Å². The van der Waals surface area contributed by atoms with E-state index in [1.165, 1.54) is 0 Å². The molecule has 6 rings (SSSR count). The lowest BCUT2D eigenvalue weighted by molar-refractivity contribution is 0.00706. The van der Waals surface area contributed by atoms with Gasteiger partial charge in [-0.15, -0.1) is 0 Å². The van der Waals surface area contributed by atoms with Gasteiger partial charge in [-0.2, -0.15) is 4.98 Å². The Balaban J connectivity index is 1.23. The second-order valence-corrected chi connectivity index (χ2v) is 9.54. The zero-order chi connectivity index (χ0) is 22.5. The van der Waals surface area contributed by atoms with Crippen molar-refractivity contribution in [3.8, 4) is 17.3 Å². The monoisotopic (exact) mass is 471 g/mol. The van der Waals surface area contributed by atoms with Gasteiger partial charge in [-0.1, -0.05) is 48.7 Å². The Morgan fingerprint density at radius 3 is 2.58 bits per heavy atom. The molecule has 2 aromatic heterocycles. The first-order valence-corrected chi connectivity index (χ1v) is 11.9. The molecule has 1 aromatic carbocycles. The van der Waals surface area contributed by atoms with Crippen molar-refractivity contribution in [2.24, 2.45) is 0 Å². The van der Waals surface area contributed by atoms with E-state index in [0.717, 1.165) is 36.8 Å². The number of nitrogens with one attached hydrogen (secondary N) is 1. The fraction of sp³-hybridized carbons (Fsp3) is 0.500. The number of benzene rings is 1. The lowest BCUT2D eigenvalue weighted by Crippen LogP contribution is -2.34. The van der Waals surface area contributed by atoms with Crippen molar-refractivity contribution < 1.29 is 24.4 Å². The number of nitrogens with zero attached hydrogens (tertiary/aromatic N) is 2. The summed E-state index contributed by atoms with van der Waals surface area (Å²) in [5, 5.41) is 20.8. The summed E-state index contributed by atoms with van der Waals surface area (Å²) in [6.45, 7) is 0.569. The number of ether oxygens (including phenoxy) is 3. The fourth-order valence-corrected chi connectivity index (χ4v) is 5.49. The molecule has 1 aliphatic carbocycles. The van der Waals surface area contributed by atoms with E-state index in [2.05, 4.69) is 27.1 Å². The lowest BCUT2D eigenvalue weighted by atomic mass is 9.81. The van der Waals surface area contributed by atoms with Crippen molar-refractivity contribution in [2.45, 2.75) is 62.1 Å². The molecule has 3 aliphatic rings. The molecule has 4 heterocycles. The molecule has 0 amide bonds. The summed E-state index contributed by atoms with van der Waals surface area (Å²) in [4.78, 5) is 12.3. The normalized spacial score (nSPS) is 31.7. The van der Waals surface area contributed by atoms with Crippen LogP contribution < -0.4 is 4.74 Å². The number of aromatic amines is 1. The molecule has 0 bridgehead atoms. The average molecular weight is 472 g/mol. The van der Waals surface area contributed by atoms with Crippen LogP contribution in [0.5, 0.6) is 6.01 Å². The first-order valence-electron chi connectivity index (χ1n) is 11.5. The lowest BCUT2D eigenvalue weighted by Gasteiger charge is -2.28. The minimum Gasteiger partial charge on any atom is -0.456 e. The number of aliphatic hydroxyl groups excluding tert-OH is 2. The summed E-state index contributed by atoms with van der Waals surface area (Å²) in [5.74, 6) is 0.189. The zero-order valence-electron chi connectivity index (χ0n) is 18.0. The Morgan fingerprint density at radius 1 is 0.970 bits per heavy atom. The van der Waals surface area contributed by atoms with E-state index < -0.39 is 6.10 Å². The van der Waals surface area contributed by atoms with Crippen LogP contribution in [-0.4, -0.2) is 68.9 Å². The second kappa shape index (κ2) is 8.52. The summed E-state index contributed by atoms with van der Waals surface area (Å²) in [6.07, 6.45) is 2.18. The molecule has 3 aromatic rings. The number of hydrogen-bond donors (Lipinski definition) is 3. The Kier molecular flexibility index (Phi) is 5.50. The van der Waals surface area contributed by atoms with Crippen LogP contribution in [0, 0.1) is 0 Å². The van der Waals surface area contributed by atoms with Gasteiger partial charge in [-0.25, -0.2) is 4.98 Å². The molecule has 3 fully saturated rings. The predicted molar refractivity (Wildman–Crippen MR) is 121 cm³/mol. The number of aromatic nitrogens is 3. The fourth-order valence-electron chi connectivity index (χ4n) is 5.23. The van der Waals surface area contributed by atoms with Crippen molar-refractivity contribution in [3.05, 3.63) is 40.9 Å². The first kappa shape index (κ1) is 21.3. The van der Waals surface area contributed by atoms with Crippen molar-refractivity contribution in [1.82, 2.24) is 15.0 Å².